The van der Waals surface area contributed by atoms with Crippen molar-refractivity contribution in [1.82, 2.24) is 0 Å². The predicted molar refractivity (Wildman–Crippen MR) is 109 cm³/mol. The topological polar surface area (TPSA) is 67.9 Å². The molecular weight excluding hydrogens is 356 g/mol. The number of hydrogen-bond acceptors (Lipinski definition) is 4. The molecule has 1 fully saturated rings. The molecule has 3 rings (SSSR count). The Kier molecular flexibility index (Phi) is 6.53. The lowest BCUT2D eigenvalue weighted by atomic mass is 10.1. The molecular formula is C22H26N2O4. The maximum Gasteiger partial charge on any atom is 0.229 e. The van der Waals surface area contributed by atoms with E-state index in [-0.39, 0.29) is 24.2 Å². The largest absolute Gasteiger partial charge is 0.494 e. The number of carbonyl (C=O) groups excluding carboxylic acids is 2. The Hall–Kier alpha value is -3.02. The maximum absolute atomic E-state index is 12.6. The second-order valence-electron chi connectivity index (χ2n) is 6.70. The summed E-state index contributed by atoms with van der Waals surface area (Å²) < 4.78 is 11.0. The number of carbonyl (C=O) groups is 2. The van der Waals surface area contributed by atoms with Crippen LogP contribution in [0.4, 0.5) is 11.4 Å². The first-order valence-electron chi connectivity index (χ1n) is 9.67. The number of hydrogen-bond donors (Lipinski definition) is 1. The number of ether oxygens (including phenoxy) is 2. The summed E-state index contributed by atoms with van der Waals surface area (Å²) in [4.78, 5) is 26.7. The van der Waals surface area contributed by atoms with E-state index in [1.54, 1.807) is 11.0 Å². The Morgan fingerprint density at radius 3 is 2.61 bits per heavy atom. The number of benzene rings is 2. The molecule has 0 radical (unpaired) electrons. The number of amides is 2. The molecule has 148 valence electrons. The van der Waals surface area contributed by atoms with Gasteiger partial charge in [-0.2, -0.15) is 0 Å². The maximum atomic E-state index is 12.6. The zero-order valence-electron chi connectivity index (χ0n) is 16.3. The van der Waals surface area contributed by atoms with Crippen molar-refractivity contribution in [3.05, 3.63) is 48.5 Å². The number of rotatable bonds is 8. The first-order valence-corrected chi connectivity index (χ1v) is 9.67. The van der Waals surface area contributed by atoms with Gasteiger partial charge in [0.25, 0.3) is 0 Å². The molecule has 2 aromatic rings. The molecule has 0 aromatic heterocycles. The second kappa shape index (κ2) is 9.26. The Labute approximate surface area is 165 Å². The summed E-state index contributed by atoms with van der Waals surface area (Å²) >= 11 is 0. The van der Waals surface area contributed by atoms with Crippen molar-refractivity contribution in [3.63, 3.8) is 0 Å². The minimum absolute atomic E-state index is 0.0505. The summed E-state index contributed by atoms with van der Waals surface area (Å²) in [7, 11) is 0. The van der Waals surface area contributed by atoms with Gasteiger partial charge in [-0.3, -0.25) is 9.59 Å². The van der Waals surface area contributed by atoms with Gasteiger partial charge in [0.2, 0.25) is 11.8 Å². The molecule has 1 heterocycles. The van der Waals surface area contributed by atoms with Crippen molar-refractivity contribution >= 4 is 23.2 Å². The highest BCUT2D eigenvalue weighted by Crippen LogP contribution is 2.28. The lowest BCUT2D eigenvalue weighted by molar-refractivity contribution is -0.122. The van der Waals surface area contributed by atoms with E-state index >= 15 is 0 Å². The molecule has 28 heavy (non-hydrogen) atoms. The molecule has 6 nitrogen and oxygen atoms in total. The van der Waals surface area contributed by atoms with Crippen molar-refractivity contribution in [2.75, 3.05) is 30.0 Å². The molecule has 1 N–H and O–H groups in total. The van der Waals surface area contributed by atoms with Crippen LogP contribution in [0.2, 0.25) is 0 Å². The Bertz CT molecular complexity index is 820. The van der Waals surface area contributed by atoms with Crippen LogP contribution in [0.3, 0.4) is 0 Å². The Balaban J connectivity index is 1.62. The molecule has 0 bridgehead atoms. The van der Waals surface area contributed by atoms with Gasteiger partial charge in [0.05, 0.1) is 19.1 Å². The molecule has 1 atom stereocenters. The number of anilines is 2. The van der Waals surface area contributed by atoms with E-state index in [0.717, 1.165) is 17.9 Å². The fraction of sp³-hybridized carbons (Fsp3) is 0.364. The standard InChI is InChI=1S/C22H26N2O4/c1-3-12-28-19-10-8-18(9-11-19)24-15-16(13-21(24)25)22(26)23-17-6-5-7-20(14-17)27-4-2/h5-11,14,16H,3-4,12-13,15H2,1-2H3,(H,23,26). The summed E-state index contributed by atoms with van der Waals surface area (Å²) in [5.41, 5.74) is 1.45. The van der Waals surface area contributed by atoms with Gasteiger partial charge in [-0.15, -0.1) is 0 Å². The molecule has 0 aliphatic carbocycles. The van der Waals surface area contributed by atoms with Gasteiger partial charge in [-0.05, 0) is 49.7 Å². The normalized spacial score (nSPS) is 16.1. The van der Waals surface area contributed by atoms with E-state index in [1.807, 2.05) is 49.4 Å². The molecule has 0 saturated carbocycles. The van der Waals surface area contributed by atoms with Crippen LogP contribution >= 0.6 is 0 Å². The highest BCUT2D eigenvalue weighted by atomic mass is 16.5. The monoisotopic (exact) mass is 382 g/mol. The highest BCUT2D eigenvalue weighted by molar-refractivity contribution is 6.03. The van der Waals surface area contributed by atoms with Crippen molar-refractivity contribution in [1.29, 1.82) is 0 Å². The predicted octanol–water partition coefficient (Wildman–Crippen LogP) is 3.87. The summed E-state index contributed by atoms with van der Waals surface area (Å²) in [6.45, 7) is 5.55. The quantitative estimate of drug-likeness (QED) is 0.753. The van der Waals surface area contributed by atoms with Gasteiger partial charge in [-0.25, -0.2) is 0 Å². The summed E-state index contributed by atoms with van der Waals surface area (Å²) in [6.07, 6.45) is 1.14. The number of nitrogens with zero attached hydrogens (tertiary/aromatic N) is 1. The fourth-order valence-electron chi connectivity index (χ4n) is 3.15. The zero-order chi connectivity index (χ0) is 19.9. The minimum Gasteiger partial charge on any atom is -0.494 e. The fourth-order valence-corrected chi connectivity index (χ4v) is 3.15. The summed E-state index contributed by atoms with van der Waals surface area (Å²) in [5, 5.41) is 2.89. The van der Waals surface area contributed by atoms with E-state index in [9.17, 15) is 9.59 Å². The molecule has 1 aliphatic heterocycles. The van der Waals surface area contributed by atoms with Crippen LogP contribution < -0.4 is 19.7 Å². The van der Waals surface area contributed by atoms with Crippen LogP contribution in [0.25, 0.3) is 0 Å². The van der Waals surface area contributed by atoms with E-state index in [4.69, 9.17) is 9.47 Å². The van der Waals surface area contributed by atoms with Crippen LogP contribution in [0.1, 0.15) is 26.7 Å². The third-order valence-corrected chi connectivity index (χ3v) is 4.53. The SMILES string of the molecule is CCCOc1ccc(N2CC(C(=O)Nc3cccc(OCC)c3)CC2=O)cc1. The Morgan fingerprint density at radius 2 is 1.89 bits per heavy atom. The lowest BCUT2D eigenvalue weighted by Crippen LogP contribution is -2.28. The average Bonchev–Trinajstić information content (AvgIpc) is 3.09. The molecule has 6 heteroatoms. The van der Waals surface area contributed by atoms with Crippen LogP contribution in [0, 0.1) is 5.92 Å². The lowest BCUT2D eigenvalue weighted by Gasteiger charge is -2.17. The molecule has 2 amide bonds. The Morgan fingerprint density at radius 1 is 1.11 bits per heavy atom. The molecule has 1 unspecified atom stereocenters. The molecule has 1 aliphatic rings. The van der Waals surface area contributed by atoms with Crippen molar-refractivity contribution in [2.45, 2.75) is 26.7 Å². The van der Waals surface area contributed by atoms with E-state index < -0.39 is 0 Å². The van der Waals surface area contributed by atoms with Gasteiger partial charge in [-0.1, -0.05) is 13.0 Å². The number of nitrogens with one attached hydrogen (secondary N) is 1. The third-order valence-electron chi connectivity index (χ3n) is 4.53. The van der Waals surface area contributed by atoms with Gasteiger partial charge >= 0.3 is 0 Å². The van der Waals surface area contributed by atoms with Crippen molar-refractivity contribution in [2.24, 2.45) is 5.92 Å². The van der Waals surface area contributed by atoms with Crippen molar-refractivity contribution in [3.8, 4) is 11.5 Å². The van der Waals surface area contributed by atoms with Gasteiger partial charge < -0.3 is 19.7 Å². The summed E-state index contributed by atoms with van der Waals surface area (Å²) in [5.74, 6) is 0.882. The smallest absolute Gasteiger partial charge is 0.229 e. The highest BCUT2D eigenvalue weighted by Gasteiger charge is 2.35. The van der Waals surface area contributed by atoms with Crippen molar-refractivity contribution < 1.29 is 19.1 Å². The summed E-state index contributed by atoms with van der Waals surface area (Å²) in [6, 6.07) is 14.7. The molecule has 2 aromatic carbocycles. The van der Waals surface area contributed by atoms with E-state index in [1.165, 1.54) is 0 Å². The van der Waals surface area contributed by atoms with Crippen LogP contribution in [0.5, 0.6) is 11.5 Å². The molecule has 0 spiro atoms. The average molecular weight is 382 g/mol. The van der Waals surface area contributed by atoms with E-state index in [0.29, 0.717) is 31.2 Å². The first kappa shape index (κ1) is 19.7. The molecule has 1 saturated heterocycles. The van der Waals surface area contributed by atoms with Crippen LogP contribution in [-0.2, 0) is 9.59 Å². The first-order chi connectivity index (χ1) is 13.6. The van der Waals surface area contributed by atoms with Crippen LogP contribution in [-0.4, -0.2) is 31.6 Å². The van der Waals surface area contributed by atoms with Gasteiger partial charge in [0.1, 0.15) is 11.5 Å². The van der Waals surface area contributed by atoms with Gasteiger partial charge in [0.15, 0.2) is 0 Å². The second-order valence-corrected chi connectivity index (χ2v) is 6.70. The van der Waals surface area contributed by atoms with E-state index in [2.05, 4.69) is 12.2 Å². The zero-order valence-corrected chi connectivity index (χ0v) is 16.3. The minimum atomic E-state index is -0.390. The van der Waals surface area contributed by atoms with Crippen LogP contribution in [0.15, 0.2) is 48.5 Å². The van der Waals surface area contributed by atoms with Gasteiger partial charge in [0, 0.05) is 30.4 Å². The third kappa shape index (κ3) is 4.82.